The van der Waals surface area contributed by atoms with Crippen LogP contribution in [-0.2, 0) is 54.4 Å². The number of aliphatic imine (C=N–C) groups is 1. The lowest BCUT2D eigenvalue weighted by molar-refractivity contribution is -0.142. The molecule has 382 valence electrons. The summed E-state index contributed by atoms with van der Waals surface area (Å²) in [5.41, 5.74) is 20.9. The van der Waals surface area contributed by atoms with Gasteiger partial charge in [0, 0.05) is 31.7 Å². The van der Waals surface area contributed by atoms with Crippen LogP contribution in [0, 0.1) is 5.92 Å². The van der Waals surface area contributed by atoms with Crippen LogP contribution in [0.2, 0.25) is 0 Å². The molecule has 0 aromatic heterocycles. The van der Waals surface area contributed by atoms with Crippen molar-refractivity contribution in [3.8, 4) is 0 Å². The van der Waals surface area contributed by atoms with E-state index in [0.717, 1.165) is 6.42 Å². The zero-order valence-electron chi connectivity index (χ0n) is 39.1. The molecule has 0 bridgehead atoms. The van der Waals surface area contributed by atoms with Crippen molar-refractivity contribution in [3.05, 3.63) is 35.9 Å². The van der Waals surface area contributed by atoms with Gasteiger partial charge in [0.05, 0.1) is 13.0 Å². The zero-order chi connectivity index (χ0) is 51.3. The molecule has 1 aliphatic carbocycles. The van der Waals surface area contributed by atoms with E-state index in [4.69, 9.17) is 22.9 Å². The number of hydrogen-bond acceptors (Lipinski definition) is 13. The zero-order valence-corrected chi connectivity index (χ0v) is 40.9. The number of primary amides is 2. The SMILES string of the molecule is CC(C)[C@H](NC(=O)[C@H](Cc1ccccc1)NC(=O)C1(NC(=O)CCS)CCCCC1)C(=O)N[C@@H](CC(N)=O)C(=O)N[C@@H](CS)C(=O)N1CCC[C@H]1C(=O)N[C@H](CCCN=C(N)N)C(=O)NCC(N)=O. The van der Waals surface area contributed by atoms with Gasteiger partial charge < -0.3 is 65.1 Å². The second kappa shape index (κ2) is 28.4. The van der Waals surface area contributed by atoms with Gasteiger partial charge in [0.1, 0.15) is 41.8 Å². The fraction of sp³-hybridized carbons (Fsp3) is 0.614. The van der Waals surface area contributed by atoms with E-state index in [2.05, 4.69) is 67.5 Å². The molecule has 2 fully saturated rings. The number of guanidine groups is 1. The summed E-state index contributed by atoms with van der Waals surface area (Å²) in [6.07, 6.45) is 3.21. The highest BCUT2D eigenvalue weighted by Crippen LogP contribution is 2.29. The predicted octanol–water partition coefficient (Wildman–Crippen LogP) is -3.10. The quantitative estimate of drug-likeness (QED) is 0.0181. The lowest BCUT2D eigenvalue weighted by atomic mass is 9.80. The first-order chi connectivity index (χ1) is 32.7. The van der Waals surface area contributed by atoms with Crippen LogP contribution in [-0.4, -0.2) is 143 Å². The molecule has 0 unspecified atom stereocenters. The third-order valence-electron chi connectivity index (χ3n) is 11.7. The summed E-state index contributed by atoms with van der Waals surface area (Å²) < 4.78 is 0. The van der Waals surface area contributed by atoms with Crippen LogP contribution in [0.25, 0.3) is 0 Å². The van der Waals surface area contributed by atoms with E-state index in [0.29, 0.717) is 37.7 Å². The van der Waals surface area contributed by atoms with Crippen LogP contribution in [0.3, 0.4) is 0 Å². The number of hydrogen-bond donors (Lipinski definition) is 13. The lowest BCUT2D eigenvalue weighted by Gasteiger charge is -2.38. The van der Waals surface area contributed by atoms with Gasteiger partial charge in [-0.25, -0.2) is 0 Å². The molecule has 2 aliphatic rings. The summed E-state index contributed by atoms with van der Waals surface area (Å²) in [7, 11) is 0. The highest BCUT2D eigenvalue weighted by Gasteiger charge is 2.43. The van der Waals surface area contributed by atoms with Crippen molar-refractivity contribution in [2.45, 2.75) is 133 Å². The van der Waals surface area contributed by atoms with Crippen molar-refractivity contribution >= 4 is 90.3 Å². The van der Waals surface area contributed by atoms with Gasteiger partial charge >= 0.3 is 0 Å². The van der Waals surface area contributed by atoms with Crippen LogP contribution in [0.5, 0.6) is 0 Å². The average molecular weight is 1000 g/mol. The number of nitrogens with two attached hydrogens (primary N) is 4. The third-order valence-corrected chi connectivity index (χ3v) is 12.3. The topological polar surface area (TPSA) is 375 Å². The van der Waals surface area contributed by atoms with E-state index >= 15 is 0 Å². The number of likely N-dealkylation sites (tertiary alicyclic amines) is 1. The van der Waals surface area contributed by atoms with Crippen molar-refractivity contribution in [2.24, 2.45) is 33.8 Å². The molecule has 1 aromatic carbocycles. The van der Waals surface area contributed by atoms with Gasteiger partial charge in [-0.3, -0.25) is 52.9 Å². The summed E-state index contributed by atoms with van der Waals surface area (Å²) in [4.78, 5) is 138. The van der Waals surface area contributed by atoms with E-state index in [1.807, 2.05) is 0 Å². The van der Waals surface area contributed by atoms with Crippen molar-refractivity contribution in [1.29, 1.82) is 0 Å². The van der Waals surface area contributed by atoms with E-state index < -0.39 is 114 Å². The van der Waals surface area contributed by atoms with Crippen molar-refractivity contribution in [2.75, 3.05) is 31.1 Å². The minimum atomic E-state index is -1.65. The third kappa shape index (κ3) is 18.4. The van der Waals surface area contributed by atoms with Gasteiger partial charge in [0.2, 0.25) is 59.1 Å². The number of carbonyl (C=O) groups excluding carboxylic acids is 10. The largest absolute Gasteiger partial charge is 0.370 e. The fourth-order valence-corrected chi connectivity index (χ4v) is 8.56. The Balaban J connectivity index is 1.79. The summed E-state index contributed by atoms with van der Waals surface area (Å²) in [6.45, 7) is 3.00. The average Bonchev–Trinajstić information content (AvgIpc) is 3.80. The molecule has 6 atom stereocenters. The molecule has 1 saturated carbocycles. The first-order valence-electron chi connectivity index (χ1n) is 23.0. The van der Waals surface area contributed by atoms with Crippen molar-refractivity contribution in [1.82, 2.24) is 42.1 Å². The maximum atomic E-state index is 14.2. The molecule has 1 saturated heterocycles. The summed E-state index contributed by atoms with van der Waals surface area (Å²) in [5, 5.41) is 18.4. The summed E-state index contributed by atoms with van der Waals surface area (Å²) >= 11 is 8.42. The smallest absolute Gasteiger partial charge is 0.246 e. The number of carbonyl (C=O) groups is 10. The monoisotopic (exact) mass is 1000 g/mol. The number of benzene rings is 1. The molecule has 69 heavy (non-hydrogen) atoms. The first kappa shape index (κ1) is 57.2. The highest BCUT2D eigenvalue weighted by molar-refractivity contribution is 7.80. The Morgan fingerprint density at radius 2 is 1.41 bits per heavy atom. The van der Waals surface area contributed by atoms with E-state index in [-0.39, 0.29) is 68.6 Å². The van der Waals surface area contributed by atoms with Crippen molar-refractivity contribution < 1.29 is 47.9 Å². The maximum absolute atomic E-state index is 14.2. The number of amides is 10. The van der Waals surface area contributed by atoms with E-state index in [1.54, 1.807) is 44.2 Å². The van der Waals surface area contributed by atoms with Crippen LogP contribution < -0.4 is 60.2 Å². The van der Waals surface area contributed by atoms with Gasteiger partial charge in [0.15, 0.2) is 5.96 Å². The first-order valence-corrected chi connectivity index (χ1v) is 24.3. The maximum Gasteiger partial charge on any atom is 0.246 e. The number of thiol groups is 2. The number of rotatable bonds is 27. The van der Waals surface area contributed by atoms with Gasteiger partial charge in [0.25, 0.3) is 0 Å². The Morgan fingerprint density at radius 3 is 2.00 bits per heavy atom. The van der Waals surface area contributed by atoms with Gasteiger partial charge in [-0.05, 0) is 55.8 Å². The molecule has 3 rings (SSSR count). The Hall–Kier alpha value is -6.11. The molecule has 1 aliphatic heterocycles. The predicted molar refractivity (Wildman–Crippen MR) is 262 cm³/mol. The molecular formula is C44H69N13O10S2. The Kier molecular flexibility index (Phi) is 23.5. The number of nitrogens with one attached hydrogen (secondary N) is 7. The Morgan fingerprint density at radius 1 is 0.754 bits per heavy atom. The Bertz CT molecular complexity index is 2020. The molecule has 23 nitrogen and oxygen atoms in total. The lowest BCUT2D eigenvalue weighted by Crippen LogP contribution is -2.64. The fourth-order valence-electron chi connectivity index (χ4n) is 8.11. The van der Waals surface area contributed by atoms with Gasteiger partial charge in [-0.15, -0.1) is 0 Å². The summed E-state index contributed by atoms with van der Waals surface area (Å²) in [5.74, 6) is -8.23. The molecule has 15 N–H and O–H groups in total. The van der Waals surface area contributed by atoms with Crippen LogP contribution in [0.15, 0.2) is 35.3 Å². The van der Waals surface area contributed by atoms with E-state index in [9.17, 15) is 47.9 Å². The highest BCUT2D eigenvalue weighted by atomic mass is 32.1. The molecule has 1 aromatic rings. The van der Waals surface area contributed by atoms with Gasteiger partial charge in [-0.1, -0.05) is 63.4 Å². The second-order valence-corrected chi connectivity index (χ2v) is 18.3. The molecular weight excluding hydrogens is 935 g/mol. The van der Waals surface area contributed by atoms with Crippen molar-refractivity contribution in [3.63, 3.8) is 0 Å². The van der Waals surface area contributed by atoms with Crippen LogP contribution >= 0.6 is 25.3 Å². The van der Waals surface area contributed by atoms with Gasteiger partial charge in [-0.2, -0.15) is 25.3 Å². The number of nitrogens with zero attached hydrogens (tertiary/aromatic N) is 2. The summed E-state index contributed by atoms with van der Waals surface area (Å²) in [6, 6.07) is 1.04. The van der Waals surface area contributed by atoms with E-state index in [1.165, 1.54) is 4.90 Å². The normalized spacial score (nSPS) is 17.3. The molecule has 0 radical (unpaired) electrons. The Labute approximate surface area is 412 Å². The second-order valence-electron chi connectivity index (χ2n) is 17.5. The van der Waals surface area contributed by atoms with Crippen LogP contribution in [0.4, 0.5) is 0 Å². The molecule has 10 amide bonds. The minimum Gasteiger partial charge on any atom is -0.370 e. The molecule has 25 heteroatoms. The van der Waals surface area contributed by atoms with Crippen LogP contribution in [0.1, 0.15) is 90.0 Å². The molecule has 1 heterocycles. The standard InChI is InChI=1S/C44H69N13O10S2/c1-25(2)35(55-38(63)28(21-26-11-5-3-6-12-26)54-42(67)44(16-7-4-8-17-44)56-34(60)15-20-68)40(65)52-29(22-32(45)58)37(62)53-30(24-69)41(66)57-19-10-14-31(57)39(64)51-27(13-9-18-49-43(47)48)36(61)50-23-33(46)59/h3,5-6,11-12,25,27-31,35,68-69H,4,7-10,13-24H2,1-2H3,(H2,45,58)(H2,46,59)(H,50,61)(H,51,64)(H,52,65)(H,53,62)(H,54,67)(H,55,63)(H,56,60)(H4,47,48,49)/t27-,28+,29+,30+,31+,35+/m1/s1. The molecule has 0 spiro atoms. The minimum absolute atomic E-state index is 0.0183.